The molecule has 1 aromatic rings. The van der Waals surface area contributed by atoms with E-state index in [-0.39, 0.29) is 6.54 Å². The second-order valence-electron chi connectivity index (χ2n) is 3.04. The van der Waals surface area contributed by atoms with Gasteiger partial charge in [-0.15, -0.1) is 0 Å². The minimum absolute atomic E-state index is 0.0829. The lowest BCUT2D eigenvalue weighted by atomic mass is 10.2. The fraction of sp³-hybridized carbons (Fsp3) is 0.222. The number of hydrogen-bond donors (Lipinski definition) is 2. The van der Waals surface area contributed by atoms with Gasteiger partial charge in [-0.25, -0.2) is 9.52 Å². The molecule has 0 aliphatic carbocycles. The molecule has 0 aromatic heterocycles. The predicted octanol–water partition coefficient (Wildman–Crippen LogP) is 1.14. The highest BCUT2D eigenvalue weighted by atomic mass is 79.9. The number of hydrogen-bond acceptors (Lipinski definition) is 4. The van der Waals surface area contributed by atoms with Gasteiger partial charge in [0, 0.05) is 11.0 Å². The average molecular weight is 323 g/mol. The third-order valence-corrected chi connectivity index (χ3v) is 3.27. The standard InChI is InChI=1S/C9H11BrN2O4S/c1-16-9(13)12-17(14,15)11-6-7-2-4-8(10)5-3-7/h2-5,11H,6H2,1H3,(H,12,13). The molecule has 1 amide bonds. The Morgan fingerprint density at radius 3 is 2.47 bits per heavy atom. The second kappa shape index (κ2) is 5.99. The Morgan fingerprint density at radius 2 is 1.94 bits per heavy atom. The quantitative estimate of drug-likeness (QED) is 0.870. The van der Waals surface area contributed by atoms with Crippen LogP contribution in [0.3, 0.4) is 0 Å². The summed E-state index contributed by atoms with van der Waals surface area (Å²) in [6.07, 6.45) is -1.03. The Morgan fingerprint density at radius 1 is 1.35 bits per heavy atom. The van der Waals surface area contributed by atoms with E-state index in [4.69, 9.17) is 0 Å². The van der Waals surface area contributed by atoms with Gasteiger partial charge >= 0.3 is 16.3 Å². The zero-order valence-corrected chi connectivity index (χ0v) is 11.3. The summed E-state index contributed by atoms with van der Waals surface area (Å²) in [5.74, 6) is 0. The van der Waals surface area contributed by atoms with Gasteiger partial charge in [-0.3, -0.25) is 0 Å². The molecule has 0 spiro atoms. The van der Waals surface area contributed by atoms with Crippen LogP contribution in [0.15, 0.2) is 28.7 Å². The van der Waals surface area contributed by atoms with Gasteiger partial charge in [-0.1, -0.05) is 28.1 Å². The average Bonchev–Trinajstić information content (AvgIpc) is 2.28. The van der Waals surface area contributed by atoms with E-state index in [0.29, 0.717) is 0 Å². The van der Waals surface area contributed by atoms with E-state index < -0.39 is 16.3 Å². The third-order valence-electron chi connectivity index (χ3n) is 1.78. The van der Waals surface area contributed by atoms with E-state index in [1.54, 1.807) is 29.0 Å². The molecule has 0 saturated carbocycles. The molecule has 2 N–H and O–H groups in total. The summed E-state index contributed by atoms with van der Waals surface area (Å²) < 4.78 is 31.6. The van der Waals surface area contributed by atoms with Crippen molar-refractivity contribution in [3.8, 4) is 0 Å². The number of rotatable bonds is 4. The summed E-state index contributed by atoms with van der Waals surface area (Å²) in [4.78, 5) is 10.7. The van der Waals surface area contributed by atoms with E-state index >= 15 is 0 Å². The molecule has 8 heteroatoms. The van der Waals surface area contributed by atoms with Crippen LogP contribution < -0.4 is 9.44 Å². The molecule has 0 aliphatic heterocycles. The Hall–Kier alpha value is -1.12. The summed E-state index contributed by atoms with van der Waals surface area (Å²) in [6.45, 7) is 0.0829. The summed E-state index contributed by atoms with van der Waals surface area (Å²) in [7, 11) is -2.80. The molecule has 94 valence electrons. The molecular formula is C9H11BrN2O4S. The molecule has 0 heterocycles. The van der Waals surface area contributed by atoms with Gasteiger partial charge in [0.2, 0.25) is 0 Å². The maximum absolute atomic E-state index is 11.3. The topological polar surface area (TPSA) is 84.5 Å². The zero-order chi connectivity index (χ0) is 12.9. The van der Waals surface area contributed by atoms with Crippen molar-refractivity contribution in [3.05, 3.63) is 34.3 Å². The molecular weight excluding hydrogens is 312 g/mol. The number of carbonyl (C=O) groups excluding carboxylic acids is 1. The molecule has 6 nitrogen and oxygen atoms in total. The fourth-order valence-corrected chi connectivity index (χ4v) is 1.96. The minimum Gasteiger partial charge on any atom is -0.452 e. The Kier molecular flexibility index (Phi) is 4.91. The molecule has 0 unspecified atom stereocenters. The van der Waals surface area contributed by atoms with Gasteiger partial charge in [0.25, 0.3) is 0 Å². The highest BCUT2D eigenvalue weighted by molar-refractivity contribution is 9.10. The first-order valence-corrected chi connectivity index (χ1v) is 6.80. The SMILES string of the molecule is COC(=O)NS(=O)(=O)NCc1ccc(Br)cc1. The van der Waals surface area contributed by atoms with Gasteiger partial charge < -0.3 is 4.74 Å². The number of halogens is 1. The zero-order valence-electron chi connectivity index (χ0n) is 8.94. The van der Waals surface area contributed by atoms with E-state index in [0.717, 1.165) is 17.1 Å². The van der Waals surface area contributed by atoms with E-state index in [9.17, 15) is 13.2 Å². The number of methoxy groups -OCH3 is 1. The van der Waals surface area contributed by atoms with E-state index in [2.05, 4.69) is 25.4 Å². The van der Waals surface area contributed by atoms with Crippen LogP contribution in [0.5, 0.6) is 0 Å². The van der Waals surface area contributed by atoms with Crippen LogP contribution in [0.4, 0.5) is 4.79 Å². The van der Waals surface area contributed by atoms with Crippen molar-refractivity contribution in [1.29, 1.82) is 0 Å². The van der Waals surface area contributed by atoms with Crippen LogP contribution in [0, 0.1) is 0 Å². The number of nitrogens with one attached hydrogen (secondary N) is 2. The molecule has 0 saturated heterocycles. The molecule has 0 bridgehead atoms. The summed E-state index contributed by atoms with van der Waals surface area (Å²) >= 11 is 3.27. The first-order chi connectivity index (χ1) is 7.93. The van der Waals surface area contributed by atoms with Crippen LogP contribution in [0.25, 0.3) is 0 Å². The Balaban J connectivity index is 2.55. The predicted molar refractivity (Wildman–Crippen MR) is 65.4 cm³/mol. The first-order valence-electron chi connectivity index (χ1n) is 4.53. The van der Waals surface area contributed by atoms with Crippen LogP contribution in [0.2, 0.25) is 0 Å². The number of ether oxygens (including phenoxy) is 1. The maximum Gasteiger partial charge on any atom is 0.421 e. The normalized spacial score (nSPS) is 10.9. The van der Waals surface area contributed by atoms with Crippen molar-refractivity contribution >= 4 is 32.2 Å². The molecule has 1 rings (SSSR count). The Bertz CT molecular complexity index is 486. The van der Waals surface area contributed by atoms with Gasteiger partial charge in [-0.2, -0.15) is 13.1 Å². The second-order valence-corrected chi connectivity index (χ2v) is 5.46. The van der Waals surface area contributed by atoms with Gasteiger partial charge in [0.15, 0.2) is 0 Å². The highest BCUT2D eigenvalue weighted by Gasteiger charge is 2.13. The largest absolute Gasteiger partial charge is 0.452 e. The minimum atomic E-state index is -3.89. The number of carbonyl (C=O) groups is 1. The van der Waals surface area contributed by atoms with Crippen LogP contribution in [0.1, 0.15) is 5.56 Å². The van der Waals surface area contributed by atoms with Crippen molar-refractivity contribution in [1.82, 2.24) is 9.44 Å². The van der Waals surface area contributed by atoms with Crippen LogP contribution >= 0.6 is 15.9 Å². The van der Waals surface area contributed by atoms with Crippen molar-refractivity contribution in [2.24, 2.45) is 0 Å². The summed E-state index contributed by atoms with van der Waals surface area (Å²) in [6, 6.07) is 7.09. The lowest BCUT2D eigenvalue weighted by molar-refractivity contribution is 0.177. The summed E-state index contributed by atoms with van der Waals surface area (Å²) in [5.41, 5.74) is 0.767. The van der Waals surface area contributed by atoms with Gasteiger partial charge in [0.1, 0.15) is 0 Å². The lowest BCUT2D eigenvalue weighted by Crippen LogP contribution is -2.39. The van der Waals surface area contributed by atoms with Crippen molar-refractivity contribution in [2.75, 3.05) is 7.11 Å². The monoisotopic (exact) mass is 322 g/mol. The summed E-state index contributed by atoms with van der Waals surface area (Å²) in [5, 5.41) is 0. The van der Waals surface area contributed by atoms with Gasteiger partial charge in [0.05, 0.1) is 7.11 Å². The van der Waals surface area contributed by atoms with E-state index in [1.807, 2.05) is 0 Å². The fourth-order valence-electron chi connectivity index (χ4n) is 0.968. The van der Waals surface area contributed by atoms with Crippen molar-refractivity contribution in [3.63, 3.8) is 0 Å². The maximum atomic E-state index is 11.3. The lowest BCUT2D eigenvalue weighted by Gasteiger charge is -2.07. The number of amides is 1. The van der Waals surface area contributed by atoms with E-state index in [1.165, 1.54) is 0 Å². The van der Waals surface area contributed by atoms with Crippen LogP contribution in [-0.4, -0.2) is 21.6 Å². The smallest absolute Gasteiger partial charge is 0.421 e. The highest BCUT2D eigenvalue weighted by Crippen LogP contribution is 2.10. The van der Waals surface area contributed by atoms with Crippen LogP contribution in [-0.2, 0) is 21.5 Å². The molecule has 17 heavy (non-hydrogen) atoms. The molecule has 0 radical (unpaired) electrons. The van der Waals surface area contributed by atoms with Crippen molar-refractivity contribution < 1.29 is 17.9 Å². The van der Waals surface area contributed by atoms with Crippen molar-refractivity contribution in [2.45, 2.75) is 6.54 Å². The molecule has 0 fully saturated rings. The molecule has 0 aliphatic rings. The third kappa shape index (κ3) is 5.16. The first kappa shape index (κ1) is 13.9. The van der Waals surface area contributed by atoms with Gasteiger partial charge in [-0.05, 0) is 17.7 Å². The molecule has 0 atom stereocenters. The molecule has 1 aromatic carbocycles. The Labute approximate surface area is 108 Å². The number of benzene rings is 1.